The minimum atomic E-state index is -4.05. The first-order valence-electron chi connectivity index (χ1n) is 9.89. The van der Waals surface area contributed by atoms with Gasteiger partial charge in [-0.15, -0.1) is 0 Å². The van der Waals surface area contributed by atoms with E-state index in [9.17, 15) is 22.0 Å². The van der Waals surface area contributed by atoms with E-state index in [4.69, 9.17) is 0 Å². The number of aryl methyl sites for hydroxylation is 1. The monoisotopic (exact) mass is 465 g/mol. The van der Waals surface area contributed by atoms with Gasteiger partial charge in [0.15, 0.2) is 11.6 Å². The van der Waals surface area contributed by atoms with Crippen molar-refractivity contribution in [3.05, 3.63) is 47.9 Å². The number of nitrogens with zero attached hydrogens (tertiary/aromatic N) is 6. The van der Waals surface area contributed by atoms with E-state index in [1.54, 1.807) is 9.42 Å². The number of aromatic nitrogens is 4. The molecule has 0 atom stereocenters. The van der Waals surface area contributed by atoms with Crippen LogP contribution in [0.25, 0.3) is 5.78 Å². The Labute approximate surface area is 182 Å². The van der Waals surface area contributed by atoms with E-state index in [1.807, 2.05) is 13.0 Å². The van der Waals surface area contributed by atoms with Gasteiger partial charge in [-0.25, -0.2) is 26.9 Å². The molecule has 0 spiro atoms. The summed E-state index contributed by atoms with van der Waals surface area (Å²) in [4.78, 5) is 24.3. The van der Waals surface area contributed by atoms with E-state index in [2.05, 4.69) is 24.7 Å². The third-order valence-electron chi connectivity index (χ3n) is 5.15. The topological polar surface area (TPSA) is 113 Å². The van der Waals surface area contributed by atoms with Gasteiger partial charge in [-0.2, -0.15) is 14.6 Å². The fraction of sp³-hybridized carbons (Fsp3) is 0.368. The Morgan fingerprint density at radius 3 is 2.59 bits per heavy atom. The Bertz CT molecular complexity index is 1260. The van der Waals surface area contributed by atoms with Crippen LogP contribution in [0, 0.1) is 18.6 Å². The molecule has 0 aliphatic carbocycles. The largest absolute Gasteiger partial charge is 0.353 e. The number of carbonyl (C=O) groups is 1. The van der Waals surface area contributed by atoms with E-state index >= 15 is 0 Å². The van der Waals surface area contributed by atoms with Gasteiger partial charge in [-0.05, 0) is 25.1 Å². The summed E-state index contributed by atoms with van der Waals surface area (Å²) in [6.07, 6.45) is 1.39. The molecular formula is C19H21F2N7O3S. The first-order chi connectivity index (χ1) is 15.2. The number of hydrogen-bond donors (Lipinski definition) is 1. The number of sulfonamides is 1. The minimum absolute atomic E-state index is 0.0510. The van der Waals surface area contributed by atoms with Crippen molar-refractivity contribution < 1.29 is 22.0 Å². The van der Waals surface area contributed by atoms with E-state index in [-0.39, 0.29) is 18.9 Å². The molecule has 1 aliphatic heterocycles. The van der Waals surface area contributed by atoms with E-state index in [0.29, 0.717) is 38.0 Å². The lowest BCUT2D eigenvalue weighted by Gasteiger charge is -2.36. The van der Waals surface area contributed by atoms with Crippen LogP contribution in [0.5, 0.6) is 0 Å². The summed E-state index contributed by atoms with van der Waals surface area (Å²) in [6.45, 7) is 3.80. The minimum Gasteiger partial charge on any atom is -0.353 e. The molecule has 0 unspecified atom stereocenters. The van der Waals surface area contributed by atoms with Crippen molar-refractivity contribution >= 4 is 27.5 Å². The highest BCUT2D eigenvalue weighted by Crippen LogP contribution is 2.18. The van der Waals surface area contributed by atoms with E-state index in [1.165, 1.54) is 6.33 Å². The van der Waals surface area contributed by atoms with Crippen LogP contribution in [0.15, 0.2) is 35.5 Å². The van der Waals surface area contributed by atoms with Crippen LogP contribution >= 0.6 is 0 Å². The summed E-state index contributed by atoms with van der Waals surface area (Å²) in [7, 11) is -4.05. The highest BCUT2D eigenvalue weighted by Gasteiger charge is 2.24. The van der Waals surface area contributed by atoms with Crippen molar-refractivity contribution in [2.75, 3.05) is 37.6 Å². The number of fused-ring (bicyclic) bond motifs is 1. The zero-order chi connectivity index (χ0) is 22.9. The van der Waals surface area contributed by atoms with Gasteiger partial charge in [0.1, 0.15) is 12.1 Å². The van der Waals surface area contributed by atoms with Gasteiger partial charge in [0.05, 0.1) is 4.90 Å². The lowest BCUT2D eigenvalue weighted by atomic mass is 10.2. The summed E-state index contributed by atoms with van der Waals surface area (Å²) in [5.41, 5.74) is 0.812. The maximum atomic E-state index is 13.3. The Morgan fingerprint density at radius 2 is 1.88 bits per heavy atom. The predicted molar refractivity (Wildman–Crippen MR) is 110 cm³/mol. The molecule has 3 heterocycles. The van der Waals surface area contributed by atoms with Crippen LogP contribution in [-0.2, 0) is 14.8 Å². The smallest absolute Gasteiger partial charge is 0.254 e. The zero-order valence-corrected chi connectivity index (χ0v) is 18.0. The summed E-state index contributed by atoms with van der Waals surface area (Å²) >= 11 is 0. The van der Waals surface area contributed by atoms with Crippen LogP contribution in [0.3, 0.4) is 0 Å². The SMILES string of the molecule is Cc1cc(N2CCN(C(=O)CCNS(=O)(=O)c3ccc(F)c(F)c3)CC2)n2ncnc2n1. The molecule has 0 radical (unpaired) electrons. The third-order valence-corrected chi connectivity index (χ3v) is 6.61. The number of piperazine rings is 1. The predicted octanol–water partition coefficient (Wildman–Crippen LogP) is 0.728. The average Bonchev–Trinajstić information content (AvgIpc) is 3.23. The molecule has 0 bridgehead atoms. The van der Waals surface area contributed by atoms with E-state index in [0.717, 1.165) is 23.6 Å². The first kappa shape index (κ1) is 22.0. The lowest BCUT2D eigenvalue weighted by Crippen LogP contribution is -2.49. The molecule has 1 saturated heterocycles. The Morgan fingerprint density at radius 1 is 1.12 bits per heavy atom. The number of hydrogen-bond acceptors (Lipinski definition) is 7. The maximum Gasteiger partial charge on any atom is 0.254 e. The van der Waals surface area contributed by atoms with Crippen LogP contribution < -0.4 is 9.62 Å². The first-order valence-corrected chi connectivity index (χ1v) is 11.4. The number of halogens is 2. The van der Waals surface area contributed by atoms with E-state index < -0.39 is 26.6 Å². The second kappa shape index (κ2) is 8.74. The molecule has 170 valence electrons. The maximum absolute atomic E-state index is 13.3. The summed E-state index contributed by atoms with van der Waals surface area (Å²) in [6, 6.07) is 4.22. The van der Waals surface area contributed by atoms with Crippen LogP contribution in [0.2, 0.25) is 0 Å². The number of rotatable bonds is 6. The van der Waals surface area contributed by atoms with Crippen LogP contribution in [0.1, 0.15) is 12.1 Å². The molecule has 4 rings (SSSR count). The second-order valence-electron chi connectivity index (χ2n) is 7.32. The van der Waals surface area contributed by atoms with Crippen molar-refractivity contribution in [1.82, 2.24) is 29.2 Å². The molecule has 10 nitrogen and oxygen atoms in total. The number of benzene rings is 1. The summed E-state index contributed by atoms with van der Waals surface area (Å²) < 4.78 is 54.6. The third kappa shape index (κ3) is 4.53. The van der Waals surface area contributed by atoms with Gasteiger partial charge < -0.3 is 9.80 Å². The summed E-state index contributed by atoms with van der Waals surface area (Å²) in [5.74, 6) is -1.24. The molecule has 1 aliphatic rings. The zero-order valence-electron chi connectivity index (χ0n) is 17.2. The molecule has 32 heavy (non-hydrogen) atoms. The van der Waals surface area contributed by atoms with Gasteiger partial charge in [0.2, 0.25) is 15.9 Å². The number of carbonyl (C=O) groups excluding carboxylic acids is 1. The quantitative estimate of drug-likeness (QED) is 0.571. The lowest BCUT2D eigenvalue weighted by molar-refractivity contribution is -0.131. The number of nitrogens with one attached hydrogen (secondary N) is 1. The molecule has 1 fully saturated rings. The number of anilines is 1. The summed E-state index contributed by atoms with van der Waals surface area (Å²) in [5, 5.41) is 4.20. The Hall–Kier alpha value is -3.19. The highest BCUT2D eigenvalue weighted by atomic mass is 32.2. The van der Waals surface area contributed by atoms with Crippen molar-refractivity contribution in [3.8, 4) is 0 Å². The van der Waals surface area contributed by atoms with Crippen LogP contribution in [-0.4, -0.2) is 71.5 Å². The van der Waals surface area contributed by atoms with Gasteiger partial charge in [-0.1, -0.05) is 0 Å². The van der Waals surface area contributed by atoms with Gasteiger partial charge in [0.25, 0.3) is 5.78 Å². The fourth-order valence-electron chi connectivity index (χ4n) is 3.50. The molecule has 2 aromatic heterocycles. The van der Waals surface area contributed by atoms with Gasteiger partial charge >= 0.3 is 0 Å². The molecule has 3 aromatic rings. The standard InChI is InChI=1S/C19H21F2N7O3S/c1-13-10-17(28-19(25-13)22-12-23-28)26-6-8-27(9-7-26)18(29)4-5-24-32(30,31)14-2-3-15(20)16(21)11-14/h2-3,10-12,24H,4-9H2,1H3. The Kier molecular flexibility index (Phi) is 6.02. The Balaban J connectivity index is 1.31. The normalized spacial score (nSPS) is 14.8. The highest BCUT2D eigenvalue weighted by molar-refractivity contribution is 7.89. The molecule has 1 aromatic carbocycles. The van der Waals surface area contributed by atoms with Crippen molar-refractivity contribution in [3.63, 3.8) is 0 Å². The van der Waals surface area contributed by atoms with Gasteiger partial charge in [-0.3, -0.25) is 4.79 Å². The second-order valence-corrected chi connectivity index (χ2v) is 9.09. The van der Waals surface area contributed by atoms with Crippen molar-refractivity contribution in [1.29, 1.82) is 0 Å². The molecule has 13 heteroatoms. The fourth-order valence-corrected chi connectivity index (χ4v) is 4.54. The number of amides is 1. The van der Waals surface area contributed by atoms with Gasteiger partial charge in [0, 0.05) is 50.9 Å². The van der Waals surface area contributed by atoms with Crippen molar-refractivity contribution in [2.24, 2.45) is 0 Å². The average molecular weight is 465 g/mol. The molecular weight excluding hydrogens is 444 g/mol. The molecule has 0 saturated carbocycles. The molecule has 1 amide bonds. The molecule has 1 N–H and O–H groups in total. The van der Waals surface area contributed by atoms with Crippen LogP contribution in [0.4, 0.5) is 14.6 Å². The van der Waals surface area contributed by atoms with Crippen molar-refractivity contribution in [2.45, 2.75) is 18.2 Å².